The van der Waals surface area contributed by atoms with Gasteiger partial charge in [-0.15, -0.1) is 0 Å². The Morgan fingerprint density at radius 1 is 0.308 bits per heavy atom. The van der Waals surface area contributed by atoms with Crippen LogP contribution in [-0.4, -0.2) is 113 Å². The van der Waals surface area contributed by atoms with E-state index in [-0.39, 0.29) is 97.3 Å². The number of rotatable bonds is 29. The molecule has 5 aromatic carbocycles. The number of carbonyl (C=O) groups is 5. The maximum Gasteiger partial charge on any atom is 0.314 e. The number of esters is 5. The van der Waals surface area contributed by atoms with E-state index in [1.165, 1.54) is 34.7 Å². The Bertz CT molecular complexity index is 6470. The van der Waals surface area contributed by atoms with E-state index in [1.807, 2.05) is 193 Å². The molecule has 0 radical (unpaired) electrons. The molecule has 10 aromatic rings. The predicted octanol–water partition coefficient (Wildman–Crippen LogP) is 22.6. The van der Waals surface area contributed by atoms with E-state index in [2.05, 4.69) is 160 Å². The second kappa shape index (κ2) is 51.7. The number of hydrogen-bond acceptors (Lipinski definition) is 25. The lowest BCUT2D eigenvalue weighted by atomic mass is 9.86. The van der Waals surface area contributed by atoms with Gasteiger partial charge in [0.25, 0.3) is 0 Å². The Labute approximate surface area is 843 Å². The van der Waals surface area contributed by atoms with Crippen LogP contribution in [0.4, 0.5) is 0 Å². The van der Waals surface area contributed by atoms with E-state index in [4.69, 9.17) is 47.4 Å². The number of hydrogen-bond donors (Lipinski definition) is 0. The number of nitriles is 5. The SMILES string of the molecule is CC(=O)OCO/C(=C(/C#N)c1ccc(C(C)(C)C)cc1)c1cc(C)nn1C.CCC(=O)OCO/C(=C(/C#N)c1ccc(C(C)(C)C)cc1)c1cc(C)nn1C.CCCC(=O)OCO/C(=C(/C#N)c1ccc(C(C)(C)C)cc1)c1cc(C)nn1C.Cc1cc(/C(OCOC(=O)C(C)(C)C)=C(\C#N)c2ccc(C(C)(C)C)cc2)n(C)n1.Cc1cc(/C(OCOC(=O)C(C)C)=C(\C#N)c2ccc(C(C)(C)C)cc2)n(C)n1. The molecule has 5 heterocycles. The lowest BCUT2D eigenvalue weighted by molar-refractivity contribution is -0.161. The fraction of sp³-hybridized carbons (Fsp3) is 0.425. The molecule has 10 rings (SSSR count). The minimum Gasteiger partial charge on any atom is -0.454 e. The van der Waals surface area contributed by atoms with Crippen LogP contribution in [0.3, 0.4) is 0 Å². The molecule has 30 nitrogen and oxygen atoms in total. The Morgan fingerprint density at radius 3 is 0.678 bits per heavy atom. The number of ether oxygens (including phenoxy) is 10. The number of benzene rings is 5. The first-order chi connectivity index (χ1) is 66.8. The fourth-order valence-electron chi connectivity index (χ4n) is 13.9. The fourth-order valence-corrected chi connectivity index (χ4v) is 13.9. The summed E-state index contributed by atoms with van der Waals surface area (Å²) in [4.78, 5) is 58.1. The molecule has 0 aliphatic heterocycles. The van der Waals surface area contributed by atoms with Crippen LogP contribution in [0.1, 0.15) is 291 Å². The van der Waals surface area contributed by atoms with Crippen LogP contribution in [0.25, 0.3) is 56.7 Å². The molecule has 0 aliphatic rings. The lowest BCUT2D eigenvalue weighted by Gasteiger charge is -2.20. The Hall–Kier alpha value is -15.4. The Kier molecular flexibility index (Phi) is 42.1. The molecule has 758 valence electrons. The molecule has 0 amide bonds. The van der Waals surface area contributed by atoms with Gasteiger partial charge in [0, 0.05) is 55.0 Å². The number of carbonyl (C=O) groups excluding carboxylic acids is 5. The van der Waals surface area contributed by atoms with Crippen molar-refractivity contribution in [3.8, 4) is 30.3 Å². The normalized spacial score (nSPS) is 12.3. The molecule has 0 spiro atoms. The molecule has 0 bridgehead atoms. The standard InChI is InChI=1S/C24H31N3O3.2C23H29N3O3.C22H27N3O3.C21H25N3O3/c1-16-13-20(27(8)26-16)21(29-15-30-22(28)24(5,6)7)19(14-25)17-9-11-18(12-10-17)23(2,3)4;1-15(2)22(27)29-14-28-21(20-12-16(3)25-26(20)7)19(13-24)17-8-10-18(11-9-17)23(4,5)6;1-7-8-21(27)28-15-29-22(20-13-16(2)25-26(20)6)19(14-24)17-9-11-18(12-10-17)23(3,4)5;1-7-20(26)27-14-28-21(19-12-15(2)24-25(19)6)18(13-23)16-8-10-17(11-9-16)22(3,4)5;1-14-11-19(24(6)23-14)20(27-13-26-15(2)25)18(12-22)16-7-9-17(10-8-16)21(3,4)5/h9-13H,15H2,1-8H3;8-12,15H,14H2,1-7H3;9-13H,7-8,15H2,1-6H3;8-12H,7,14H2,1-6H3;7-11H,13H2,1-6H3/b2*21-19-;22-19-;21-18-;20-18-. The van der Waals surface area contributed by atoms with Crippen LogP contribution in [-0.2, 0) is 134 Å². The molecular formula is C113H141N15O15. The van der Waals surface area contributed by atoms with E-state index >= 15 is 0 Å². The monoisotopic (exact) mass is 1950 g/mol. The number of aromatic nitrogens is 10. The number of allylic oxidation sites excluding steroid dienone is 5. The first kappa shape index (κ1) is 116. The Balaban J connectivity index is 0.000000274. The van der Waals surface area contributed by atoms with Crippen LogP contribution >= 0.6 is 0 Å². The van der Waals surface area contributed by atoms with Crippen LogP contribution in [0.2, 0.25) is 0 Å². The lowest BCUT2D eigenvalue weighted by Crippen LogP contribution is -2.24. The summed E-state index contributed by atoms with van der Waals surface area (Å²) in [7, 11) is 8.90. The van der Waals surface area contributed by atoms with Crippen molar-refractivity contribution in [3.63, 3.8) is 0 Å². The van der Waals surface area contributed by atoms with Gasteiger partial charge < -0.3 is 47.4 Å². The molecule has 5 aromatic heterocycles. The molecule has 30 heteroatoms. The highest BCUT2D eigenvalue weighted by Gasteiger charge is 2.30. The summed E-state index contributed by atoms with van der Waals surface area (Å²) >= 11 is 0. The second-order valence-electron chi connectivity index (χ2n) is 40.6. The minimum atomic E-state index is -0.642. The molecular weight excluding hydrogens is 1810 g/mol. The summed E-state index contributed by atoms with van der Waals surface area (Å²) < 4.78 is 62.6. The van der Waals surface area contributed by atoms with Crippen molar-refractivity contribution < 1.29 is 71.3 Å². The highest BCUT2D eigenvalue weighted by atomic mass is 16.7. The third-order valence-corrected chi connectivity index (χ3v) is 22.0. The van der Waals surface area contributed by atoms with Crippen molar-refractivity contribution in [2.75, 3.05) is 34.0 Å². The first-order valence-corrected chi connectivity index (χ1v) is 47.1. The average Bonchev–Trinajstić information content (AvgIpc) is 1.76. The maximum atomic E-state index is 12.1. The van der Waals surface area contributed by atoms with Crippen LogP contribution in [0.5, 0.6) is 0 Å². The molecule has 0 N–H and O–H groups in total. The summed E-state index contributed by atoms with van der Waals surface area (Å²) in [5.41, 5.74) is 17.9. The van der Waals surface area contributed by atoms with Gasteiger partial charge in [0.1, 0.15) is 86.7 Å². The zero-order chi connectivity index (χ0) is 107. The van der Waals surface area contributed by atoms with Crippen molar-refractivity contribution in [1.29, 1.82) is 26.3 Å². The van der Waals surface area contributed by atoms with Crippen molar-refractivity contribution in [2.24, 2.45) is 46.6 Å². The smallest absolute Gasteiger partial charge is 0.314 e. The second-order valence-corrected chi connectivity index (χ2v) is 40.6. The van der Waals surface area contributed by atoms with Gasteiger partial charge in [-0.05, 0) is 175 Å². The number of aryl methyl sites for hydroxylation is 10. The van der Waals surface area contributed by atoms with Gasteiger partial charge in [-0.2, -0.15) is 51.8 Å². The van der Waals surface area contributed by atoms with Gasteiger partial charge in [-0.1, -0.05) is 253 Å². The maximum absolute atomic E-state index is 12.1. The summed E-state index contributed by atoms with van der Waals surface area (Å²) in [6, 6.07) is 59.5. The number of nitrogens with zero attached hydrogens (tertiary/aromatic N) is 15. The highest BCUT2D eigenvalue weighted by molar-refractivity contribution is 5.98. The van der Waals surface area contributed by atoms with Gasteiger partial charge in [0.2, 0.25) is 34.0 Å². The zero-order valence-corrected chi connectivity index (χ0v) is 89.5. The van der Waals surface area contributed by atoms with Gasteiger partial charge in [0.05, 0.1) is 39.8 Å². The third kappa shape index (κ3) is 34.3. The van der Waals surface area contributed by atoms with Crippen molar-refractivity contribution in [2.45, 2.75) is 240 Å². The van der Waals surface area contributed by atoms with Crippen molar-refractivity contribution >= 4 is 86.5 Å². The van der Waals surface area contributed by atoms with Crippen LogP contribution in [0, 0.1) is 103 Å². The van der Waals surface area contributed by atoms with Gasteiger partial charge in [0.15, 0.2) is 28.8 Å². The van der Waals surface area contributed by atoms with Crippen LogP contribution < -0.4 is 0 Å². The molecule has 0 unspecified atom stereocenters. The highest BCUT2D eigenvalue weighted by Crippen LogP contribution is 2.38. The largest absolute Gasteiger partial charge is 0.454 e. The molecule has 143 heavy (non-hydrogen) atoms. The van der Waals surface area contributed by atoms with E-state index < -0.39 is 11.4 Å². The minimum absolute atomic E-state index is 0.00862. The van der Waals surface area contributed by atoms with Crippen molar-refractivity contribution in [1.82, 2.24) is 48.9 Å². The zero-order valence-electron chi connectivity index (χ0n) is 89.5. The van der Waals surface area contributed by atoms with Crippen molar-refractivity contribution in [3.05, 3.63) is 264 Å². The molecule has 0 atom stereocenters. The molecule has 0 aliphatic carbocycles. The van der Waals surface area contributed by atoms with E-state index in [1.54, 1.807) is 100 Å². The third-order valence-electron chi connectivity index (χ3n) is 22.0. The molecule has 0 saturated carbocycles. The Morgan fingerprint density at radius 2 is 0.510 bits per heavy atom. The van der Waals surface area contributed by atoms with Crippen LogP contribution in [0.15, 0.2) is 152 Å². The summed E-state index contributed by atoms with van der Waals surface area (Å²) in [5.74, 6) is -0.508. The molecule has 0 saturated heterocycles. The summed E-state index contributed by atoms with van der Waals surface area (Å²) in [6.45, 7) is 53.7. The van der Waals surface area contributed by atoms with E-state index in [9.17, 15) is 50.3 Å². The first-order valence-electron chi connectivity index (χ1n) is 47.1. The van der Waals surface area contributed by atoms with E-state index in [0.29, 0.717) is 98.0 Å². The van der Waals surface area contributed by atoms with Gasteiger partial charge >= 0.3 is 29.8 Å². The van der Waals surface area contributed by atoms with E-state index in [0.717, 1.165) is 56.3 Å². The predicted molar refractivity (Wildman–Crippen MR) is 553 cm³/mol. The summed E-state index contributed by atoms with van der Waals surface area (Å²) in [6.07, 6.45) is 1.28. The quantitative estimate of drug-likeness (QED) is 0.0138. The average molecular weight is 1950 g/mol. The van der Waals surface area contributed by atoms with Gasteiger partial charge in [-0.3, -0.25) is 47.4 Å². The molecule has 0 fully saturated rings. The summed E-state index contributed by atoms with van der Waals surface area (Å²) in [5, 5.41) is 71.2. The topological polar surface area (TPSA) is 386 Å². The van der Waals surface area contributed by atoms with Gasteiger partial charge in [-0.25, -0.2) is 0 Å².